The Bertz CT molecular complexity index is 671. The number of halogens is 2. The molecule has 22 heavy (non-hydrogen) atoms. The molecule has 0 spiro atoms. The standard InChI is InChI=1S/C14H16ClN5O.HI/c1-20(11-5-6-11)14(16)17-8-12-18-13(19-21-12)9-3-2-4-10(15)7-9;/h2-4,7,11H,5-6,8H2,1H3,(H2,16,17);1H. The van der Waals surface area contributed by atoms with Crippen LogP contribution in [0.1, 0.15) is 18.7 Å². The molecule has 1 aliphatic carbocycles. The largest absolute Gasteiger partial charge is 0.370 e. The van der Waals surface area contributed by atoms with E-state index in [-0.39, 0.29) is 30.5 Å². The molecule has 1 aliphatic rings. The van der Waals surface area contributed by atoms with Gasteiger partial charge in [0.25, 0.3) is 0 Å². The third-order valence-corrected chi connectivity index (χ3v) is 3.62. The summed E-state index contributed by atoms with van der Waals surface area (Å²) in [6, 6.07) is 7.82. The second-order valence-corrected chi connectivity index (χ2v) is 5.48. The molecule has 2 N–H and O–H groups in total. The summed E-state index contributed by atoms with van der Waals surface area (Å²) in [5.41, 5.74) is 6.72. The molecule has 8 heteroatoms. The number of rotatable bonds is 4. The fraction of sp³-hybridized carbons (Fsp3) is 0.357. The number of hydrogen-bond acceptors (Lipinski definition) is 4. The first-order valence-corrected chi connectivity index (χ1v) is 7.12. The maximum atomic E-state index is 5.94. The topological polar surface area (TPSA) is 80.5 Å². The molecule has 0 radical (unpaired) electrons. The fourth-order valence-electron chi connectivity index (χ4n) is 1.97. The van der Waals surface area contributed by atoms with Crippen LogP contribution < -0.4 is 5.73 Å². The number of nitrogens with zero attached hydrogens (tertiary/aromatic N) is 4. The molecule has 6 nitrogen and oxygen atoms in total. The van der Waals surface area contributed by atoms with Crippen LogP contribution in [0.4, 0.5) is 0 Å². The van der Waals surface area contributed by atoms with E-state index in [1.54, 1.807) is 12.1 Å². The Morgan fingerprint density at radius 2 is 2.27 bits per heavy atom. The van der Waals surface area contributed by atoms with E-state index in [0.29, 0.717) is 28.7 Å². The van der Waals surface area contributed by atoms with Crippen LogP contribution in [0.5, 0.6) is 0 Å². The van der Waals surface area contributed by atoms with E-state index in [4.69, 9.17) is 21.9 Å². The summed E-state index contributed by atoms with van der Waals surface area (Å²) in [6.45, 7) is 0.274. The van der Waals surface area contributed by atoms with E-state index in [1.807, 2.05) is 24.1 Å². The van der Waals surface area contributed by atoms with Crippen molar-refractivity contribution in [3.8, 4) is 11.4 Å². The SMILES string of the molecule is CN(C(N)=NCc1nc(-c2cccc(Cl)c2)no1)C1CC1.I. The summed E-state index contributed by atoms with van der Waals surface area (Å²) in [5.74, 6) is 1.42. The zero-order chi connectivity index (χ0) is 14.8. The van der Waals surface area contributed by atoms with Crippen LogP contribution in [0, 0.1) is 0 Å². The van der Waals surface area contributed by atoms with Gasteiger partial charge in [-0.1, -0.05) is 28.9 Å². The van der Waals surface area contributed by atoms with Gasteiger partial charge < -0.3 is 15.2 Å². The number of aliphatic imine (C=N–C) groups is 1. The van der Waals surface area contributed by atoms with E-state index in [1.165, 1.54) is 12.8 Å². The molecular formula is C14H17ClIN5O. The molecule has 0 unspecified atom stereocenters. The van der Waals surface area contributed by atoms with Crippen LogP contribution in [-0.4, -0.2) is 34.1 Å². The molecule has 3 rings (SSSR count). The predicted molar refractivity (Wildman–Crippen MR) is 96.3 cm³/mol. The molecule has 0 atom stereocenters. The molecule has 1 fully saturated rings. The highest BCUT2D eigenvalue weighted by Crippen LogP contribution is 2.25. The smallest absolute Gasteiger partial charge is 0.248 e. The Hall–Kier alpha value is -1.35. The minimum absolute atomic E-state index is 0. The molecule has 1 aromatic carbocycles. The summed E-state index contributed by atoms with van der Waals surface area (Å²) in [7, 11) is 1.95. The minimum atomic E-state index is 0. The van der Waals surface area contributed by atoms with Crippen molar-refractivity contribution in [2.24, 2.45) is 10.7 Å². The first-order valence-electron chi connectivity index (χ1n) is 6.75. The molecule has 0 aliphatic heterocycles. The average Bonchev–Trinajstić information content (AvgIpc) is 3.22. The highest BCUT2D eigenvalue weighted by atomic mass is 127. The van der Waals surface area contributed by atoms with Gasteiger partial charge >= 0.3 is 0 Å². The number of benzene rings is 1. The molecule has 1 heterocycles. The van der Waals surface area contributed by atoms with Crippen molar-refractivity contribution in [1.82, 2.24) is 15.0 Å². The highest BCUT2D eigenvalue weighted by molar-refractivity contribution is 14.0. The lowest BCUT2D eigenvalue weighted by atomic mass is 10.2. The van der Waals surface area contributed by atoms with Crippen molar-refractivity contribution in [2.45, 2.75) is 25.4 Å². The van der Waals surface area contributed by atoms with Gasteiger partial charge in [0.15, 0.2) is 5.96 Å². The van der Waals surface area contributed by atoms with Gasteiger partial charge in [-0.05, 0) is 25.0 Å². The van der Waals surface area contributed by atoms with Gasteiger partial charge in [-0.3, -0.25) is 0 Å². The van der Waals surface area contributed by atoms with Crippen LogP contribution in [-0.2, 0) is 6.54 Å². The first kappa shape index (κ1) is 17.0. The summed E-state index contributed by atoms with van der Waals surface area (Å²) in [4.78, 5) is 10.6. The Morgan fingerprint density at radius 3 is 2.95 bits per heavy atom. The van der Waals surface area contributed by atoms with Crippen molar-refractivity contribution < 1.29 is 4.52 Å². The van der Waals surface area contributed by atoms with Crippen molar-refractivity contribution in [3.63, 3.8) is 0 Å². The fourth-order valence-corrected chi connectivity index (χ4v) is 2.16. The average molecular weight is 434 g/mol. The van der Waals surface area contributed by atoms with Gasteiger partial charge in [0.1, 0.15) is 6.54 Å². The first-order chi connectivity index (χ1) is 10.1. The molecule has 2 aromatic rings. The van der Waals surface area contributed by atoms with Crippen molar-refractivity contribution >= 4 is 41.5 Å². The Kier molecular flexibility index (Phi) is 5.63. The van der Waals surface area contributed by atoms with Crippen molar-refractivity contribution in [1.29, 1.82) is 0 Å². The number of aromatic nitrogens is 2. The Balaban J connectivity index is 0.00000176. The quantitative estimate of drug-likeness (QED) is 0.455. The molecule has 0 amide bonds. The summed E-state index contributed by atoms with van der Waals surface area (Å²) < 4.78 is 5.18. The van der Waals surface area contributed by atoms with E-state index >= 15 is 0 Å². The van der Waals surface area contributed by atoms with Gasteiger partial charge in [0.05, 0.1) is 0 Å². The summed E-state index contributed by atoms with van der Waals surface area (Å²) in [6.07, 6.45) is 2.35. The second kappa shape index (κ2) is 7.28. The molecule has 0 saturated heterocycles. The minimum Gasteiger partial charge on any atom is -0.370 e. The Labute approximate surface area is 150 Å². The van der Waals surface area contributed by atoms with Gasteiger partial charge in [-0.15, -0.1) is 24.0 Å². The molecule has 1 aromatic heterocycles. The zero-order valence-corrected chi connectivity index (χ0v) is 15.2. The number of nitrogens with two attached hydrogens (primary N) is 1. The van der Waals surface area contributed by atoms with Gasteiger partial charge in [-0.2, -0.15) is 4.98 Å². The normalized spacial score (nSPS) is 14.5. The lowest BCUT2D eigenvalue weighted by Crippen LogP contribution is -2.35. The molecule has 118 valence electrons. The monoisotopic (exact) mass is 433 g/mol. The lowest BCUT2D eigenvalue weighted by Gasteiger charge is -2.16. The van der Waals surface area contributed by atoms with Crippen molar-refractivity contribution in [3.05, 3.63) is 35.2 Å². The maximum Gasteiger partial charge on any atom is 0.248 e. The van der Waals surface area contributed by atoms with Gasteiger partial charge in [-0.25, -0.2) is 4.99 Å². The highest BCUT2D eigenvalue weighted by Gasteiger charge is 2.27. The third-order valence-electron chi connectivity index (χ3n) is 3.38. The van der Waals surface area contributed by atoms with E-state index in [9.17, 15) is 0 Å². The van der Waals surface area contributed by atoms with Crippen LogP contribution in [0.25, 0.3) is 11.4 Å². The second-order valence-electron chi connectivity index (χ2n) is 5.04. The van der Waals surface area contributed by atoms with Crippen LogP contribution >= 0.6 is 35.6 Å². The molecule has 1 saturated carbocycles. The zero-order valence-electron chi connectivity index (χ0n) is 12.1. The number of hydrogen-bond donors (Lipinski definition) is 1. The van der Waals surface area contributed by atoms with Crippen molar-refractivity contribution in [2.75, 3.05) is 7.05 Å². The summed E-state index contributed by atoms with van der Waals surface area (Å²) >= 11 is 5.94. The van der Waals surface area contributed by atoms with E-state index < -0.39 is 0 Å². The van der Waals surface area contributed by atoms with Crippen LogP contribution in [0.3, 0.4) is 0 Å². The lowest BCUT2D eigenvalue weighted by molar-refractivity contribution is 0.379. The predicted octanol–water partition coefficient (Wildman–Crippen LogP) is 2.92. The number of guanidine groups is 1. The molecular weight excluding hydrogens is 417 g/mol. The van der Waals surface area contributed by atoms with Gasteiger partial charge in [0, 0.05) is 23.7 Å². The van der Waals surface area contributed by atoms with Crippen LogP contribution in [0.2, 0.25) is 5.02 Å². The van der Waals surface area contributed by atoms with Gasteiger partial charge in [0.2, 0.25) is 11.7 Å². The van der Waals surface area contributed by atoms with E-state index in [2.05, 4.69) is 15.1 Å². The Morgan fingerprint density at radius 1 is 1.50 bits per heavy atom. The molecule has 0 bridgehead atoms. The van der Waals surface area contributed by atoms with E-state index in [0.717, 1.165) is 5.56 Å². The summed E-state index contributed by atoms with van der Waals surface area (Å²) in [5, 5.41) is 4.56. The van der Waals surface area contributed by atoms with Crippen LogP contribution in [0.15, 0.2) is 33.8 Å². The maximum absolute atomic E-state index is 5.94. The third kappa shape index (κ3) is 4.10.